The monoisotopic (exact) mass is 434 g/mol. The fourth-order valence-electron chi connectivity index (χ4n) is 3.65. The van der Waals surface area contributed by atoms with Crippen LogP contribution in [0.25, 0.3) is 0 Å². The van der Waals surface area contributed by atoms with Crippen LogP contribution in [0.3, 0.4) is 0 Å². The van der Waals surface area contributed by atoms with Gasteiger partial charge in [0.2, 0.25) is 5.91 Å². The van der Waals surface area contributed by atoms with E-state index in [2.05, 4.69) is 24.2 Å². The van der Waals surface area contributed by atoms with Gasteiger partial charge in [0.15, 0.2) is 5.17 Å². The van der Waals surface area contributed by atoms with Crippen molar-refractivity contribution < 1.29 is 9.59 Å². The Bertz CT molecular complexity index is 1110. The Morgan fingerprint density at radius 2 is 1.94 bits per heavy atom. The lowest BCUT2D eigenvalue weighted by molar-refractivity contribution is -0.125. The van der Waals surface area contributed by atoms with Gasteiger partial charge in [0.05, 0.1) is 11.4 Å². The Morgan fingerprint density at radius 1 is 1.16 bits per heavy atom. The number of fused-ring (bicyclic) bond motifs is 3. The molecule has 0 saturated heterocycles. The van der Waals surface area contributed by atoms with Crippen molar-refractivity contribution in [2.24, 2.45) is 15.9 Å². The summed E-state index contributed by atoms with van der Waals surface area (Å²) in [5.41, 5.74) is 4.69. The molecule has 0 aromatic heterocycles. The van der Waals surface area contributed by atoms with Crippen molar-refractivity contribution >= 4 is 46.0 Å². The van der Waals surface area contributed by atoms with Gasteiger partial charge in [-0.05, 0) is 61.6 Å². The maximum Gasteiger partial charge on any atom is 0.259 e. The van der Waals surface area contributed by atoms with E-state index >= 15 is 0 Å². The standard InChI is InChI=1S/C24H26N4O2S/c1-14(2)11-20-23(30)28-22(26-20)18-7-5-6-8-19(18)27-24(28)31-13-21(29)25-17-10-9-15(3)16(4)12-17/h5-10,12,14,20H,11,13H2,1-4H3,(H,25,29). The lowest BCUT2D eigenvalue weighted by Crippen LogP contribution is -2.41. The largest absolute Gasteiger partial charge is 0.325 e. The quantitative estimate of drug-likeness (QED) is 0.742. The molecule has 0 radical (unpaired) electrons. The smallest absolute Gasteiger partial charge is 0.259 e. The number of hydrogen-bond acceptors (Lipinski definition) is 5. The zero-order valence-electron chi connectivity index (χ0n) is 18.2. The number of aliphatic imine (C=N–C) groups is 2. The van der Waals surface area contributed by atoms with E-state index in [1.165, 1.54) is 17.3 Å². The molecule has 1 atom stereocenters. The van der Waals surface area contributed by atoms with Crippen LogP contribution in [0.2, 0.25) is 0 Å². The average Bonchev–Trinajstić information content (AvgIpc) is 3.05. The molecular formula is C24H26N4O2S. The molecule has 7 heteroatoms. The highest BCUT2D eigenvalue weighted by Gasteiger charge is 2.41. The van der Waals surface area contributed by atoms with Gasteiger partial charge in [0, 0.05) is 11.3 Å². The molecule has 2 aliphatic heterocycles. The number of amides is 2. The minimum atomic E-state index is -0.406. The number of nitrogens with one attached hydrogen (secondary N) is 1. The van der Waals surface area contributed by atoms with Crippen molar-refractivity contribution in [2.45, 2.75) is 40.2 Å². The summed E-state index contributed by atoms with van der Waals surface area (Å²) in [7, 11) is 0. The molecule has 2 aromatic carbocycles. The highest BCUT2D eigenvalue weighted by atomic mass is 32.2. The second kappa shape index (κ2) is 8.67. The predicted octanol–water partition coefficient (Wildman–Crippen LogP) is 4.68. The van der Waals surface area contributed by atoms with E-state index in [4.69, 9.17) is 4.99 Å². The third-order valence-corrected chi connectivity index (χ3v) is 6.30. The Labute approximate surface area is 186 Å². The molecule has 6 nitrogen and oxygen atoms in total. The fourth-order valence-corrected chi connectivity index (χ4v) is 4.45. The van der Waals surface area contributed by atoms with Crippen LogP contribution >= 0.6 is 11.8 Å². The first-order valence-corrected chi connectivity index (χ1v) is 11.4. The van der Waals surface area contributed by atoms with Crippen molar-refractivity contribution in [3.8, 4) is 0 Å². The van der Waals surface area contributed by atoms with Gasteiger partial charge in [-0.3, -0.25) is 14.6 Å². The molecule has 0 fully saturated rings. The summed E-state index contributed by atoms with van der Waals surface area (Å²) in [5.74, 6) is 0.933. The number of benzene rings is 2. The second-order valence-corrected chi connectivity index (χ2v) is 9.26. The van der Waals surface area contributed by atoms with Gasteiger partial charge < -0.3 is 5.32 Å². The van der Waals surface area contributed by atoms with Gasteiger partial charge in [-0.2, -0.15) is 0 Å². The molecule has 31 heavy (non-hydrogen) atoms. The van der Waals surface area contributed by atoms with Crippen LogP contribution in [0.1, 0.15) is 37.0 Å². The third-order valence-electron chi connectivity index (χ3n) is 5.37. The van der Waals surface area contributed by atoms with Crippen molar-refractivity contribution in [1.29, 1.82) is 0 Å². The number of rotatable bonds is 5. The van der Waals surface area contributed by atoms with Gasteiger partial charge in [-0.15, -0.1) is 0 Å². The van der Waals surface area contributed by atoms with E-state index < -0.39 is 6.04 Å². The fraction of sp³-hybridized carbons (Fsp3) is 0.333. The maximum absolute atomic E-state index is 13.1. The van der Waals surface area contributed by atoms with Crippen molar-refractivity contribution in [1.82, 2.24) is 4.90 Å². The highest BCUT2D eigenvalue weighted by Crippen LogP contribution is 2.34. The molecule has 2 aliphatic rings. The van der Waals surface area contributed by atoms with E-state index in [1.807, 2.05) is 56.3 Å². The van der Waals surface area contributed by atoms with Crippen LogP contribution in [0.4, 0.5) is 11.4 Å². The summed E-state index contributed by atoms with van der Waals surface area (Å²) in [4.78, 5) is 36.7. The van der Waals surface area contributed by atoms with Crippen LogP contribution in [-0.4, -0.2) is 39.5 Å². The zero-order valence-corrected chi connectivity index (χ0v) is 19.0. The molecule has 160 valence electrons. The topological polar surface area (TPSA) is 74.1 Å². The minimum absolute atomic E-state index is 0.0704. The summed E-state index contributed by atoms with van der Waals surface area (Å²) < 4.78 is 0. The van der Waals surface area contributed by atoms with Crippen molar-refractivity contribution in [2.75, 3.05) is 11.1 Å². The predicted molar refractivity (Wildman–Crippen MR) is 127 cm³/mol. The molecular weight excluding hydrogens is 408 g/mol. The van der Waals surface area contributed by atoms with E-state index in [-0.39, 0.29) is 17.6 Å². The summed E-state index contributed by atoms with van der Waals surface area (Å²) in [6.07, 6.45) is 0.687. The SMILES string of the molecule is Cc1ccc(NC(=O)CSC2=Nc3ccccc3C3=NC(CC(C)C)C(=O)N23)cc1C. The third kappa shape index (κ3) is 4.42. The highest BCUT2D eigenvalue weighted by molar-refractivity contribution is 8.14. The Hall–Kier alpha value is -2.93. The molecule has 1 unspecified atom stereocenters. The van der Waals surface area contributed by atoms with E-state index in [0.717, 1.165) is 22.5 Å². The summed E-state index contributed by atoms with van der Waals surface area (Å²) in [5, 5.41) is 3.43. The number of amidine groups is 2. The number of aryl methyl sites for hydroxylation is 2. The number of carbonyl (C=O) groups excluding carboxylic acids is 2. The number of nitrogens with zero attached hydrogens (tertiary/aromatic N) is 3. The summed E-state index contributed by atoms with van der Waals surface area (Å²) in [6.45, 7) is 8.22. The number of thioether (sulfide) groups is 1. The number of para-hydroxylation sites is 1. The van der Waals surface area contributed by atoms with Crippen LogP contribution in [0.15, 0.2) is 52.4 Å². The summed E-state index contributed by atoms with van der Waals surface area (Å²) >= 11 is 1.26. The molecule has 2 heterocycles. The van der Waals surface area contributed by atoms with Gasteiger partial charge in [0.1, 0.15) is 11.9 Å². The van der Waals surface area contributed by atoms with Crippen molar-refractivity contribution in [3.05, 3.63) is 59.2 Å². The average molecular weight is 435 g/mol. The van der Waals surface area contributed by atoms with Gasteiger partial charge in [-0.25, -0.2) is 9.89 Å². The first kappa shape index (κ1) is 21.3. The van der Waals surface area contributed by atoms with Gasteiger partial charge in [-0.1, -0.05) is 43.8 Å². The number of hydrogen-bond donors (Lipinski definition) is 1. The second-order valence-electron chi connectivity index (χ2n) is 8.32. The molecule has 2 aromatic rings. The van der Waals surface area contributed by atoms with E-state index in [1.54, 1.807) is 4.90 Å². The first-order chi connectivity index (χ1) is 14.8. The Balaban J connectivity index is 1.53. The first-order valence-electron chi connectivity index (χ1n) is 10.4. The molecule has 2 amide bonds. The normalized spacial score (nSPS) is 17.3. The van der Waals surface area contributed by atoms with Gasteiger partial charge in [0.25, 0.3) is 5.91 Å². The molecule has 0 aliphatic carbocycles. The Kier molecular flexibility index (Phi) is 5.96. The number of carbonyl (C=O) groups is 2. The van der Waals surface area contributed by atoms with Crippen LogP contribution in [-0.2, 0) is 9.59 Å². The zero-order chi connectivity index (χ0) is 22.1. The summed E-state index contributed by atoms with van der Waals surface area (Å²) in [6, 6.07) is 13.1. The maximum atomic E-state index is 13.1. The lowest BCUT2D eigenvalue weighted by Gasteiger charge is -2.25. The van der Waals surface area contributed by atoms with Crippen LogP contribution < -0.4 is 5.32 Å². The molecule has 4 rings (SSSR count). The Morgan fingerprint density at radius 3 is 2.68 bits per heavy atom. The molecule has 0 bridgehead atoms. The molecule has 0 saturated carbocycles. The van der Waals surface area contributed by atoms with E-state index in [0.29, 0.717) is 23.3 Å². The molecule has 1 N–H and O–H groups in total. The van der Waals surface area contributed by atoms with Crippen LogP contribution in [0.5, 0.6) is 0 Å². The minimum Gasteiger partial charge on any atom is -0.325 e. The van der Waals surface area contributed by atoms with Crippen molar-refractivity contribution in [3.63, 3.8) is 0 Å². The van der Waals surface area contributed by atoms with Gasteiger partial charge >= 0.3 is 0 Å². The lowest BCUT2D eigenvalue weighted by atomic mass is 10.0. The number of anilines is 1. The van der Waals surface area contributed by atoms with Crippen LogP contribution in [0, 0.1) is 19.8 Å². The van der Waals surface area contributed by atoms with E-state index in [9.17, 15) is 9.59 Å². The molecule has 0 spiro atoms.